The van der Waals surface area contributed by atoms with Crippen LogP contribution >= 0.6 is 0 Å². The molecule has 0 fully saturated rings. The first-order valence-corrected chi connectivity index (χ1v) is 9.54. The quantitative estimate of drug-likeness (QED) is 0.326. The molecule has 0 bridgehead atoms. The first-order valence-electron chi connectivity index (χ1n) is 9.54. The summed E-state index contributed by atoms with van der Waals surface area (Å²) in [6, 6.07) is 8.02. The highest BCUT2D eigenvalue weighted by atomic mass is 19.4. The maximum absolute atomic E-state index is 14.5. The standard InChI is InChI=1S/C24H15F9/c1-12(25)23(30)15-6-4-13(5-7-15)2-3-14-8-17(26)21(18(27)9-14)16-10-19(28)22(20(29)11-16)24(31,32)33/h4-11H,2-3H2,1H3/b23-12+. The summed E-state index contributed by atoms with van der Waals surface area (Å²) in [5, 5.41) is 0. The van der Waals surface area contributed by atoms with E-state index >= 15 is 0 Å². The van der Waals surface area contributed by atoms with Crippen molar-refractivity contribution in [3.63, 3.8) is 0 Å². The number of rotatable bonds is 5. The van der Waals surface area contributed by atoms with Gasteiger partial charge in [0.05, 0.1) is 5.56 Å². The fraction of sp³-hybridized carbons (Fsp3) is 0.167. The average Bonchev–Trinajstić information content (AvgIpc) is 2.70. The molecule has 3 aromatic carbocycles. The monoisotopic (exact) mass is 474 g/mol. The molecule has 0 aliphatic heterocycles. The third kappa shape index (κ3) is 5.40. The Bertz CT molecular complexity index is 1160. The number of aryl methyl sites for hydroxylation is 2. The average molecular weight is 474 g/mol. The Morgan fingerprint density at radius 3 is 1.64 bits per heavy atom. The van der Waals surface area contributed by atoms with E-state index < -0.39 is 57.8 Å². The summed E-state index contributed by atoms with van der Waals surface area (Å²) in [7, 11) is 0. The maximum atomic E-state index is 14.5. The van der Waals surface area contributed by atoms with E-state index in [1.54, 1.807) is 0 Å². The molecular weight excluding hydrogens is 459 g/mol. The molecule has 0 aliphatic rings. The van der Waals surface area contributed by atoms with Crippen molar-refractivity contribution in [2.45, 2.75) is 25.9 Å². The lowest BCUT2D eigenvalue weighted by atomic mass is 9.97. The van der Waals surface area contributed by atoms with Crippen molar-refractivity contribution < 1.29 is 39.5 Å². The van der Waals surface area contributed by atoms with Gasteiger partial charge in [0.25, 0.3) is 0 Å². The van der Waals surface area contributed by atoms with Crippen molar-refractivity contribution in [1.29, 1.82) is 0 Å². The van der Waals surface area contributed by atoms with Crippen LogP contribution in [0.1, 0.15) is 29.2 Å². The van der Waals surface area contributed by atoms with Crippen LogP contribution in [0.15, 0.2) is 54.4 Å². The first kappa shape index (κ1) is 24.4. The van der Waals surface area contributed by atoms with Gasteiger partial charge in [-0.3, -0.25) is 0 Å². The molecule has 9 heteroatoms. The predicted molar refractivity (Wildman–Crippen MR) is 105 cm³/mol. The van der Waals surface area contributed by atoms with Gasteiger partial charge in [0.1, 0.15) is 34.7 Å². The Morgan fingerprint density at radius 2 is 1.18 bits per heavy atom. The van der Waals surface area contributed by atoms with Crippen LogP contribution in [0.3, 0.4) is 0 Å². The van der Waals surface area contributed by atoms with E-state index in [0.717, 1.165) is 19.1 Å². The normalized spacial score (nSPS) is 12.7. The Balaban J connectivity index is 1.83. The van der Waals surface area contributed by atoms with E-state index in [0.29, 0.717) is 5.56 Å². The largest absolute Gasteiger partial charge is 0.422 e. The van der Waals surface area contributed by atoms with Crippen molar-refractivity contribution >= 4 is 5.83 Å². The lowest BCUT2D eigenvalue weighted by Crippen LogP contribution is -2.11. The molecule has 0 aromatic heterocycles. The molecule has 0 saturated heterocycles. The number of hydrogen-bond donors (Lipinski definition) is 0. The Kier molecular flexibility index (Phi) is 6.90. The van der Waals surface area contributed by atoms with Gasteiger partial charge in [-0.2, -0.15) is 13.2 Å². The topological polar surface area (TPSA) is 0 Å². The van der Waals surface area contributed by atoms with Crippen molar-refractivity contribution in [2.24, 2.45) is 0 Å². The first-order chi connectivity index (χ1) is 15.4. The third-order valence-electron chi connectivity index (χ3n) is 4.93. The van der Waals surface area contributed by atoms with Gasteiger partial charge in [-0.05, 0) is 60.7 Å². The lowest BCUT2D eigenvalue weighted by molar-refractivity contribution is -0.142. The molecule has 0 heterocycles. The third-order valence-corrected chi connectivity index (χ3v) is 4.93. The Hall–Kier alpha value is -3.23. The van der Waals surface area contributed by atoms with Crippen molar-refractivity contribution in [3.8, 4) is 11.1 Å². The number of benzene rings is 3. The van der Waals surface area contributed by atoms with Gasteiger partial charge < -0.3 is 0 Å². The molecule has 0 saturated carbocycles. The lowest BCUT2D eigenvalue weighted by Gasteiger charge is -2.13. The van der Waals surface area contributed by atoms with E-state index in [9.17, 15) is 39.5 Å². The summed E-state index contributed by atoms with van der Waals surface area (Å²) >= 11 is 0. The maximum Gasteiger partial charge on any atom is 0.422 e. The van der Waals surface area contributed by atoms with Crippen molar-refractivity contribution in [3.05, 3.63) is 99.9 Å². The van der Waals surface area contributed by atoms with Crippen LogP contribution in [0.25, 0.3) is 17.0 Å². The Morgan fingerprint density at radius 1 is 0.697 bits per heavy atom. The van der Waals surface area contributed by atoms with E-state index in [4.69, 9.17) is 0 Å². The smallest absolute Gasteiger partial charge is 0.209 e. The molecule has 0 amide bonds. The molecule has 0 atom stereocenters. The van der Waals surface area contributed by atoms with Gasteiger partial charge in [-0.1, -0.05) is 24.3 Å². The van der Waals surface area contributed by atoms with E-state index in [1.165, 1.54) is 24.3 Å². The predicted octanol–water partition coefficient (Wildman–Crippen LogP) is 8.34. The molecule has 3 aromatic rings. The zero-order chi connectivity index (χ0) is 24.5. The molecule has 174 valence electrons. The number of alkyl halides is 3. The Labute approximate surface area is 183 Å². The minimum Gasteiger partial charge on any atom is -0.209 e. The van der Waals surface area contributed by atoms with Crippen molar-refractivity contribution in [2.75, 3.05) is 0 Å². The molecule has 0 spiro atoms. The molecule has 0 aliphatic carbocycles. The molecule has 33 heavy (non-hydrogen) atoms. The van der Waals surface area contributed by atoms with Gasteiger partial charge in [-0.15, -0.1) is 0 Å². The highest BCUT2D eigenvalue weighted by molar-refractivity contribution is 5.66. The summed E-state index contributed by atoms with van der Waals surface area (Å²) in [5.74, 6) is -8.36. The second-order valence-electron chi connectivity index (χ2n) is 7.29. The summed E-state index contributed by atoms with van der Waals surface area (Å²) in [5.41, 5.74) is -2.84. The molecule has 0 N–H and O–H groups in total. The summed E-state index contributed by atoms with van der Waals surface area (Å²) < 4.78 is 121. The number of halogens is 9. The summed E-state index contributed by atoms with van der Waals surface area (Å²) in [6.07, 6.45) is -4.90. The molecule has 3 rings (SSSR count). The van der Waals surface area contributed by atoms with Crippen LogP contribution in [0.2, 0.25) is 0 Å². The molecule has 0 radical (unpaired) electrons. The zero-order valence-corrected chi connectivity index (χ0v) is 16.9. The van der Waals surface area contributed by atoms with Gasteiger partial charge in [0, 0.05) is 5.56 Å². The van der Waals surface area contributed by atoms with Gasteiger partial charge in [0.15, 0.2) is 5.83 Å². The van der Waals surface area contributed by atoms with Gasteiger partial charge in [0.2, 0.25) is 0 Å². The van der Waals surface area contributed by atoms with Crippen LogP contribution < -0.4 is 0 Å². The fourth-order valence-electron chi connectivity index (χ4n) is 3.34. The van der Waals surface area contributed by atoms with E-state index in [2.05, 4.69) is 0 Å². The highest BCUT2D eigenvalue weighted by Gasteiger charge is 2.38. The van der Waals surface area contributed by atoms with E-state index in [1.807, 2.05) is 0 Å². The van der Waals surface area contributed by atoms with Crippen LogP contribution in [0.4, 0.5) is 39.5 Å². The summed E-state index contributed by atoms with van der Waals surface area (Å²) in [6.45, 7) is 0.976. The second kappa shape index (κ2) is 9.33. The van der Waals surface area contributed by atoms with Crippen LogP contribution in [0, 0.1) is 23.3 Å². The van der Waals surface area contributed by atoms with Gasteiger partial charge in [-0.25, -0.2) is 26.3 Å². The number of hydrogen-bond acceptors (Lipinski definition) is 0. The fourth-order valence-corrected chi connectivity index (χ4v) is 3.34. The molecular formula is C24H15F9. The van der Waals surface area contributed by atoms with Crippen LogP contribution in [-0.4, -0.2) is 0 Å². The molecule has 0 unspecified atom stereocenters. The van der Waals surface area contributed by atoms with E-state index in [-0.39, 0.29) is 36.1 Å². The highest BCUT2D eigenvalue weighted by Crippen LogP contribution is 2.37. The van der Waals surface area contributed by atoms with Crippen LogP contribution in [-0.2, 0) is 19.0 Å². The number of allylic oxidation sites excluding steroid dienone is 1. The zero-order valence-electron chi connectivity index (χ0n) is 16.9. The van der Waals surface area contributed by atoms with Gasteiger partial charge >= 0.3 is 6.18 Å². The second-order valence-corrected chi connectivity index (χ2v) is 7.29. The minimum atomic E-state index is -5.31. The summed E-state index contributed by atoms with van der Waals surface area (Å²) in [4.78, 5) is 0. The van der Waals surface area contributed by atoms with Crippen molar-refractivity contribution in [1.82, 2.24) is 0 Å². The SMILES string of the molecule is C/C(F)=C(\F)c1ccc(CCc2cc(F)c(-c3cc(F)c(C(F)(F)F)c(F)c3)c(F)c2)cc1. The van der Waals surface area contributed by atoms with Crippen LogP contribution in [0.5, 0.6) is 0 Å². The minimum absolute atomic E-state index is 0.0381. The molecule has 0 nitrogen and oxygen atoms in total.